The fraction of sp³-hybridized carbons (Fsp3) is 0.750. The van der Waals surface area contributed by atoms with Gasteiger partial charge in [-0.2, -0.15) is 0 Å². The number of carbonyl (C=O) groups is 1. The molecular formula is C12H20N4O2. The molecule has 6 heteroatoms. The highest BCUT2D eigenvalue weighted by Gasteiger charge is 2.14. The van der Waals surface area contributed by atoms with Crippen molar-refractivity contribution < 1.29 is 9.53 Å². The van der Waals surface area contributed by atoms with Gasteiger partial charge in [0.05, 0.1) is 24.8 Å². The van der Waals surface area contributed by atoms with E-state index in [0.717, 1.165) is 31.6 Å². The second-order valence-corrected chi connectivity index (χ2v) is 4.67. The summed E-state index contributed by atoms with van der Waals surface area (Å²) in [6.07, 6.45) is 4.97. The highest BCUT2D eigenvalue weighted by atomic mass is 16.5. The number of aromatic nitrogens is 3. The molecule has 1 aliphatic heterocycles. The van der Waals surface area contributed by atoms with E-state index in [0.29, 0.717) is 25.6 Å². The second kappa shape index (κ2) is 6.61. The van der Waals surface area contributed by atoms with Crippen molar-refractivity contribution >= 4 is 5.78 Å². The number of rotatable bonds is 6. The van der Waals surface area contributed by atoms with Crippen LogP contribution < -0.4 is 5.32 Å². The normalized spacial score (nSPS) is 16.9. The Balaban J connectivity index is 1.62. The predicted molar refractivity (Wildman–Crippen MR) is 66.2 cm³/mol. The molecule has 0 aromatic carbocycles. The number of hydrogen-bond donors (Lipinski definition) is 1. The summed E-state index contributed by atoms with van der Waals surface area (Å²) >= 11 is 0. The molecule has 0 spiro atoms. The van der Waals surface area contributed by atoms with Gasteiger partial charge in [-0.05, 0) is 25.9 Å². The van der Waals surface area contributed by atoms with Gasteiger partial charge in [0.15, 0.2) is 0 Å². The Labute approximate surface area is 107 Å². The van der Waals surface area contributed by atoms with Gasteiger partial charge in [-0.3, -0.25) is 9.48 Å². The van der Waals surface area contributed by atoms with Crippen LogP contribution in [0, 0.1) is 0 Å². The lowest BCUT2D eigenvalue weighted by Crippen LogP contribution is -2.32. The Morgan fingerprint density at radius 3 is 3.00 bits per heavy atom. The number of nitrogens with one attached hydrogen (secondary N) is 1. The van der Waals surface area contributed by atoms with E-state index in [4.69, 9.17) is 4.74 Å². The van der Waals surface area contributed by atoms with E-state index in [1.54, 1.807) is 17.9 Å². The first-order valence-electron chi connectivity index (χ1n) is 6.43. The monoisotopic (exact) mass is 252 g/mol. The first-order chi connectivity index (χ1) is 8.74. The van der Waals surface area contributed by atoms with Crippen LogP contribution in [0.5, 0.6) is 0 Å². The Hall–Kier alpha value is -1.27. The number of nitrogens with zero attached hydrogens (tertiary/aromatic N) is 3. The van der Waals surface area contributed by atoms with E-state index < -0.39 is 0 Å². The maximum Gasteiger partial charge on any atom is 0.141 e. The van der Waals surface area contributed by atoms with Gasteiger partial charge in [-0.15, -0.1) is 5.10 Å². The van der Waals surface area contributed by atoms with Gasteiger partial charge in [-0.25, -0.2) is 0 Å². The van der Waals surface area contributed by atoms with Crippen LogP contribution in [0.1, 0.15) is 25.0 Å². The molecule has 0 amide bonds. The molecule has 2 rings (SSSR count). The summed E-state index contributed by atoms with van der Waals surface area (Å²) in [7, 11) is 1.79. The molecule has 1 aromatic rings. The summed E-state index contributed by atoms with van der Waals surface area (Å²) in [4.78, 5) is 11.7. The van der Waals surface area contributed by atoms with Crippen LogP contribution in [0.15, 0.2) is 6.20 Å². The topological polar surface area (TPSA) is 69.0 Å². The van der Waals surface area contributed by atoms with E-state index in [9.17, 15) is 4.79 Å². The van der Waals surface area contributed by atoms with Crippen LogP contribution in [0.3, 0.4) is 0 Å². The number of piperidine rings is 1. The molecule has 0 atom stereocenters. The van der Waals surface area contributed by atoms with Crippen molar-refractivity contribution in [3.05, 3.63) is 11.9 Å². The van der Waals surface area contributed by atoms with Crippen molar-refractivity contribution in [2.75, 3.05) is 19.7 Å². The smallest absolute Gasteiger partial charge is 0.141 e. The molecule has 1 N–H and O–H groups in total. The molecule has 1 aromatic heterocycles. The fourth-order valence-electron chi connectivity index (χ4n) is 2.07. The number of ketones is 1. The van der Waals surface area contributed by atoms with Gasteiger partial charge in [-0.1, -0.05) is 5.21 Å². The zero-order valence-corrected chi connectivity index (χ0v) is 10.8. The second-order valence-electron chi connectivity index (χ2n) is 4.67. The van der Waals surface area contributed by atoms with Crippen LogP contribution in [0.25, 0.3) is 0 Å². The SMILES string of the molecule is Cn1cc(CC(=O)CCOC2CCNCC2)nn1. The number of carbonyl (C=O) groups excluding carboxylic acids is 1. The lowest BCUT2D eigenvalue weighted by molar-refractivity contribution is -0.120. The standard InChI is InChI=1S/C12H20N4O2/c1-16-9-10(14-15-16)8-11(17)4-7-18-12-2-5-13-6-3-12/h9,12-13H,2-8H2,1H3. The van der Waals surface area contributed by atoms with Gasteiger partial charge in [0.25, 0.3) is 0 Å². The minimum absolute atomic E-state index is 0.157. The van der Waals surface area contributed by atoms with Crippen molar-refractivity contribution in [2.45, 2.75) is 31.8 Å². The van der Waals surface area contributed by atoms with Crippen molar-refractivity contribution in [3.8, 4) is 0 Å². The third-order valence-electron chi connectivity index (χ3n) is 3.05. The third kappa shape index (κ3) is 4.19. The zero-order valence-electron chi connectivity index (χ0n) is 10.8. The Morgan fingerprint density at radius 1 is 1.56 bits per heavy atom. The molecule has 1 saturated heterocycles. The van der Waals surface area contributed by atoms with E-state index in [2.05, 4.69) is 15.6 Å². The minimum atomic E-state index is 0.157. The number of aryl methyl sites for hydroxylation is 1. The zero-order chi connectivity index (χ0) is 12.8. The lowest BCUT2D eigenvalue weighted by Gasteiger charge is -2.22. The number of ether oxygens (including phenoxy) is 1. The Kier molecular flexibility index (Phi) is 4.83. The molecule has 0 unspecified atom stereocenters. The molecule has 0 radical (unpaired) electrons. The van der Waals surface area contributed by atoms with E-state index in [1.807, 2.05) is 0 Å². The van der Waals surface area contributed by atoms with Gasteiger partial charge in [0.2, 0.25) is 0 Å². The van der Waals surface area contributed by atoms with Crippen LogP contribution in [-0.2, 0) is 23.0 Å². The first kappa shape index (κ1) is 13.2. The molecular weight excluding hydrogens is 232 g/mol. The quantitative estimate of drug-likeness (QED) is 0.777. The third-order valence-corrected chi connectivity index (χ3v) is 3.05. The predicted octanol–water partition coefficient (Wildman–Crippen LogP) is 0.0854. The summed E-state index contributed by atoms with van der Waals surface area (Å²) in [6.45, 7) is 2.54. The molecule has 6 nitrogen and oxygen atoms in total. The summed E-state index contributed by atoms with van der Waals surface area (Å²) in [5, 5.41) is 11.0. The van der Waals surface area contributed by atoms with Gasteiger partial charge in [0.1, 0.15) is 5.78 Å². The van der Waals surface area contributed by atoms with Crippen LogP contribution in [-0.4, -0.2) is 46.6 Å². The van der Waals surface area contributed by atoms with E-state index >= 15 is 0 Å². The van der Waals surface area contributed by atoms with Gasteiger partial charge in [0, 0.05) is 19.7 Å². The molecule has 1 fully saturated rings. The first-order valence-corrected chi connectivity index (χ1v) is 6.43. The summed E-state index contributed by atoms with van der Waals surface area (Å²) < 4.78 is 7.30. The average molecular weight is 252 g/mol. The van der Waals surface area contributed by atoms with Crippen molar-refractivity contribution in [1.82, 2.24) is 20.3 Å². The van der Waals surface area contributed by atoms with Gasteiger partial charge >= 0.3 is 0 Å². The highest BCUT2D eigenvalue weighted by Crippen LogP contribution is 2.08. The maximum atomic E-state index is 11.7. The Morgan fingerprint density at radius 2 is 2.33 bits per heavy atom. The highest BCUT2D eigenvalue weighted by molar-refractivity contribution is 5.80. The minimum Gasteiger partial charge on any atom is -0.378 e. The summed E-state index contributed by atoms with van der Waals surface area (Å²) in [5.41, 5.74) is 0.726. The van der Waals surface area contributed by atoms with Crippen LogP contribution in [0.4, 0.5) is 0 Å². The largest absolute Gasteiger partial charge is 0.378 e. The molecule has 0 aliphatic carbocycles. The Bertz CT molecular complexity index is 385. The number of hydrogen-bond acceptors (Lipinski definition) is 5. The van der Waals surface area contributed by atoms with Crippen molar-refractivity contribution in [1.29, 1.82) is 0 Å². The van der Waals surface area contributed by atoms with Crippen LogP contribution in [0.2, 0.25) is 0 Å². The van der Waals surface area contributed by atoms with Crippen LogP contribution >= 0.6 is 0 Å². The molecule has 0 bridgehead atoms. The number of Topliss-reactive ketones (excluding diaryl/α,β-unsaturated/α-hetero) is 1. The van der Waals surface area contributed by atoms with Crippen molar-refractivity contribution in [2.24, 2.45) is 7.05 Å². The summed E-state index contributed by atoms with van der Waals surface area (Å²) in [6, 6.07) is 0. The molecule has 0 saturated carbocycles. The maximum absolute atomic E-state index is 11.7. The van der Waals surface area contributed by atoms with Crippen molar-refractivity contribution in [3.63, 3.8) is 0 Å². The summed E-state index contributed by atoms with van der Waals surface area (Å²) in [5.74, 6) is 0.157. The molecule has 100 valence electrons. The van der Waals surface area contributed by atoms with Gasteiger partial charge < -0.3 is 10.1 Å². The molecule has 1 aliphatic rings. The van der Waals surface area contributed by atoms with E-state index in [-0.39, 0.29) is 5.78 Å². The average Bonchev–Trinajstić information content (AvgIpc) is 2.76. The fourth-order valence-corrected chi connectivity index (χ4v) is 2.07. The molecule has 2 heterocycles. The molecule has 18 heavy (non-hydrogen) atoms. The van der Waals surface area contributed by atoms with E-state index in [1.165, 1.54) is 0 Å². The lowest BCUT2D eigenvalue weighted by atomic mass is 10.1.